The van der Waals surface area contributed by atoms with Crippen LogP contribution in [0.2, 0.25) is 13.3 Å². The van der Waals surface area contributed by atoms with Crippen LogP contribution >= 0.6 is 0 Å². The van der Waals surface area contributed by atoms with Gasteiger partial charge < -0.3 is 0 Å². The van der Waals surface area contributed by atoms with Crippen molar-refractivity contribution in [2.24, 2.45) is 0 Å². The molecule has 0 rings (SSSR count). The fourth-order valence-electron chi connectivity index (χ4n) is 3.00. The predicted octanol–water partition coefficient (Wildman–Crippen LogP) is 5.80. The minimum absolute atomic E-state index is 0.633. The second-order valence-corrected chi connectivity index (χ2v) is 20.1. The second-order valence-electron chi connectivity index (χ2n) is 5.77. The summed E-state index contributed by atoms with van der Waals surface area (Å²) in [6, 6.07) is 0. The van der Waals surface area contributed by atoms with Crippen molar-refractivity contribution in [2.45, 2.75) is 90.6 Å². The third-order valence-electron chi connectivity index (χ3n) is 4.36. The molecule has 0 fully saturated rings. The van der Waals surface area contributed by atoms with Crippen molar-refractivity contribution >= 4 is 18.4 Å². The Balaban J connectivity index is 4.72. The van der Waals surface area contributed by atoms with Crippen LogP contribution in [0.1, 0.15) is 73.1 Å². The molecule has 0 heterocycles. The Bertz CT molecular complexity index is 160. The van der Waals surface area contributed by atoms with Crippen LogP contribution in [-0.4, -0.2) is 29.1 Å². The van der Waals surface area contributed by atoms with Gasteiger partial charge in [0.05, 0.1) is 0 Å². The van der Waals surface area contributed by atoms with Gasteiger partial charge >= 0.3 is 120 Å². The summed E-state index contributed by atoms with van der Waals surface area (Å²) in [7, 11) is 0. The van der Waals surface area contributed by atoms with Crippen LogP contribution < -0.4 is 0 Å². The van der Waals surface area contributed by atoms with E-state index in [1.54, 1.807) is 13.3 Å². The van der Waals surface area contributed by atoms with E-state index in [9.17, 15) is 0 Å². The number of hydrogen-bond acceptors (Lipinski definition) is 1. The number of ether oxygens (including phenoxy) is 1. The molecular weight excluding hydrogens is 327 g/mol. The predicted molar refractivity (Wildman–Crippen MR) is 86.0 cm³/mol. The first-order chi connectivity index (χ1) is 8.66. The van der Waals surface area contributed by atoms with Gasteiger partial charge in [-0.1, -0.05) is 0 Å². The topological polar surface area (TPSA) is 9.23 Å². The second kappa shape index (κ2) is 11.6. The summed E-state index contributed by atoms with van der Waals surface area (Å²) < 4.78 is 11.4. The molecule has 0 saturated heterocycles. The monoisotopic (exact) mass is 364 g/mol. The Labute approximate surface area is 120 Å². The van der Waals surface area contributed by atoms with E-state index in [1.165, 1.54) is 38.5 Å². The zero-order valence-corrected chi connectivity index (χ0v) is 16.4. The number of unbranched alkanes of at least 4 members (excludes halogenated alkanes) is 3. The van der Waals surface area contributed by atoms with Crippen LogP contribution in [-0.2, 0) is 4.74 Å². The first-order valence-corrected chi connectivity index (χ1v) is 16.0. The molecule has 0 radical (unpaired) electrons. The van der Waals surface area contributed by atoms with Crippen molar-refractivity contribution in [3.8, 4) is 0 Å². The maximum atomic E-state index is 6.09. The van der Waals surface area contributed by atoms with Crippen molar-refractivity contribution in [3.05, 3.63) is 0 Å². The molecule has 1 atom stereocenters. The van der Waals surface area contributed by atoms with Gasteiger partial charge in [0.1, 0.15) is 0 Å². The van der Waals surface area contributed by atoms with Gasteiger partial charge in [0.15, 0.2) is 0 Å². The molecule has 0 aliphatic carbocycles. The van der Waals surface area contributed by atoms with Crippen molar-refractivity contribution in [1.29, 1.82) is 0 Å². The van der Waals surface area contributed by atoms with Crippen LogP contribution in [0, 0.1) is 0 Å². The first kappa shape index (κ1) is 18.8. The van der Waals surface area contributed by atoms with Crippen LogP contribution in [0.5, 0.6) is 0 Å². The molecule has 2 heteroatoms. The van der Waals surface area contributed by atoms with Crippen molar-refractivity contribution in [2.75, 3.05) is 6.61 Å². The van der Waals surface area contributed by atoms with E-state index < -0.39 is 18.4 Å². The van der Waals surface area contributed by atoms with Gasteiger partial charge in [0.25, 0.3) is 0 Å². The molecule has 0 aliphatic heterocycles. The third-order valence-corrected chi connectivity index (χ3v) is 21.3. The molecule has 110 valence electrons. The molecule has 0 aliphatic rings. The van der Waals surface area contributed by atoms with E-state index in [0.29, 0.717) is 4.12 Å². The van der Waals surface area contributed by atoms with Gasteiger partial charge in [-0.2, -0.15) is 0 Å². The van der Waals surface area contributed by atoms with E-state index in [2.05, 4.69) is 34.6 Å². The van der Waals surface area contributed by atoms with E-state index in [-0.39, 0.29) is 0 Å². The van der Waals surface area contributed by atoms with Gasteiger partial charge in [0.2, 0.25) is 0 Å². The molecule has 0 aromatic rings. The third kappa shape index (κ3) is 6.79. The summed E-state index contributed by atoms with van der Waals surface area (Å²) in [5.74, 6) is 0. The zero-order chi connectivity index (χ0) is 13.9. The first-order valence-electron chi connectivity index (χ1n) is 8.28. The molecule has 0 bridgehead atoms. The molecular formula is C16H36OSn. The average molecular weight is 363 g/mol. The van der Waals surface area contributed by atoms with E-state index in [4.69, 9.17) is 4.74 Å². The van der Waals surface area contributed by atoms with Crippen molar-refractivity contribution in [3.63, 3.8) is 0 Å². The number of rotatable bonds is 12. The summed E-state index contributed by atoms with van der Waals surface area (Å²) in [4.78, 5) is 0. The normalized spacial score (nSPS) is 13.8. The maximum absolute atomic E-state index is 6.09. The SMILES string of the molecule is CCC[CH2][Sn]([CH2]CCC)([CH2]CCC)[C@H](C)OCC. The Hall–Kier alpha value is 0.759. The summed E-state index contributed by atoms with van der Waals surface area (Å²) in [6.07, 6.45) is 8.41. The summed E-state index contributed by atoms with van der Waals surface area (Å²) in [5, 5.41) is 0. The molecule has 0 N–H and O–H groups in total. The van der Waals surface area contributed by atoms with E-state index in [1.807, 2.05) is 0 Å². The Morgan fingerprint density at radius 3 is 1.44 bits per heavy atom. The molecule has 0 saturated carbocycles. The molecule has 0 aromatic carbocycles. The number of hydrogen-bond donors (Lipinski definition) is 0. The van der Waals surface area contributed by atoms with Gasteiger partial charge in [-0.3, -0.25) is 0 Å². The standard InChI is InChI=1S/C4H9O.3C4H9.Sn/c1-3-5-4-2;3*1-3-4-2;/h3H,4H2,1-2H3;3*1,3-4H2,2H3;. The Morgan fingerprint density at radius 2 is 1.17 bits per heavy atom. The molecule has 18 heavy (non-hydrogen) atoms. The summed E-state index contributed by atoms with van der Waals surface area (Å²) in [5.41, 5.74) is 0. The van der Waals surface area contributed by atoms with E-state index in [0.717, 1.165) is 6.61 Å². The summed E-state index contributed by atoms with van der Waals surface area (Å²) in [6.45, 7) is 12.5. The molecule has 0 amide bonds. The van der Waals surface area contributed by atoms with Gasteiger partial charge in [-0.25, -0.2) is 0 Å². The zero-order valence-electron chi connectivity index (χ0n) is 13.6. The molecule has 0 spiro atoms. The van der Waals surface area contributed by atoms with Crippen molar-refractivity contribution in [1.82, 2.24) is 0 Å². The van der Waals surface area contributed by atoms with Gasteiger partial charge in [0, 0.05) is 0 Å². The van der Waals surface area contributed by atoms with Crippen LogP contribution in [0.4, 0.5) is 0 Å². The van der Waals surface area contributed by atoms with Gasteiger partial charge in [-0.05, 0) is 0 Å². The van der Waals surface area contributed by atoms with Crippen LogP contribution in [0.3, 0.4) is 0 Å². The fourth-order valence-corrected chi connectivity index (χ4v) is 19.2. The quantitative estimate of drug-likeness (QED) is 0.398. The minimum atomic E-state index is -2.05. The summed E-state index contributed by atoms with van der Waals surface area (Å²) >= 11 is -2.05. The Morgan fingerprint density at radius 1 is 0.778 bits per heavy atom. The molecule has 0 unspecified atom stereocenters. The van der Waals surface area contributed by atoms with Crippen LogP contribution in [0.25, 0.3) is 0 Å². The Kier molecular flexibility index (Phi) is 12.1. The van der Waals surface area contributed by atoms with Crippen molar-refractivity contribution < 1.29 is 4.74 Å². The fraction of sp³-hybridized carbons (Fsp3) is 1.00. The average Bonchev–Trinajstić information content (AvgIpc) is 2.38. The van der Waals surface area contributed by atoms with Crippen LogP contribution in [0.15, 0.2) is 0 Å². The van der Waals surface area contributed by atoms with Gasteiger partial charge in [-0.15, -0.1) is 0 Å². The molecule has 0 aromatic heterocycles. The van der Waals surface area contributed by atoms with E-state index >= 15 is 0 Å². The molecule has 1 nitrogen and oxygen atoms in total.